The highest BCUT2D eigenvalue weighted by atomic mass is 19.3. The molecule has 1 rings (SSSR count). The van der Waals surface area contributed by atoms with Crippen LogP contribution in [0.4, 0.5) is 8.78 Å². The normalized spacial score (nSPS) is 9.69. The van der Waals surface area contributed by atoms with E-state index in [4.69, 9.17) is 5.53 Å². The van der Waals surface area contributed by atoms with Gasteiger partial charge in [-0.3, -0.25) is 4.79 Å². The molecule has 1 aromatic carbocycles. The molecule has 0 N–H and O–H groups in total. The van der Waals surface area contributed by atoms with Crippen LogP contribution in [-0.2, 0) is 0 Å². The van der Waals surface area contributed by atoms with E-state index in [2.05, 4.69) is 14.8 Å². The Bertz CT molecular complexity index is 413. The van der Waals surface area contributed by atoms with Gasteiger partial charge in [0.25, 0.3) is 0 Å². The predicted molar refractivity (Wildman–Crippen MR) is 51.4 cm³/mol. The summed E-state index contributed by atoms with van der Waals surface area (Å²) in [6.07, 6.45) is 0. The van der Waals surface area contributed by atoms with E-state index in [1.54, 1.807) is 0 Å². The lowest BCUT2D eigenvalue weighted by Crippen LogP contribution is -2.04. The molecule has 0 aliphatic carbocycles. The van der Waals surface area contributed by atoms with Gasteiger partial charge in [-0.1, -0.05) is 5.11 Å². The largest absolute Gasteiger partial charge is 0.435 e. The highest BCUT2D eigenvalue weighted by Crippen LogP contribution is 2.15. The molecule has 0 saturated heterocycles. The molecular formula is C9H7F2N3O2. The molecule has 0 atom stereocenters. The van der Waals surface area contributed by atoms with Crippen LogP contribution in [0.25, 0.3) is 10.4 Å². The number of carbonyl (C=O) groups excluding carboxylic acids is 1. The number of Topliss-reactive ketones (excluding diaryl/α,β-unsaturated/α-hetero) is 1. The molecule has 0 amide bonds. The van der Waals surface area contributed by atoms with E-state index in [1.165, 1.54) is 24.3 Å². The maximum absolute atomic E-state index is 11.8. The molecule has 0 heterocycles. The van der Waals surface area contributed by atoms with Crippen molar-refractivity contribution in [3.05, 3.63) is 40.3 Å². The second-order valence-corrected chi connectivity index (χ2v) is 2.72. The highest BCUT2D eigenvalue weighted by molar-refractivity contribution is 5.97. The fraction of sp³-hybridized carbons (Fsp3) is 0.222. The van der Waals surface area contributed by atoms with E-state index in [-0.39, 0.29) is 23.6 Å². The van der Waals surface area contributed by atoms with Crippen molar-refractivity contribution >= 4 is 5.78 Å². The zero-order valence-corrected chi connectivity index (χ0v) is 8.01. The molecule has 0 aromatic heterocycles. The van der Waals surface area contributed by atoms with Gasteiger partial charge in [-0.15, -0.1) is 0 Å². The van der Waals surface area contributed by atoms with E-state index in [0.29, 0.717) is 0 Å². The standard InChI is InChI=1S/C9H7F2N3O2/c10-9(11)16-7-3-1-6(2-4-7)8(15)5-13-14-12/h1-4,9H,5H2. The first-order valence-corrected chi connectivity index (χ1v) is 4.22. The van der Waals surface area contributed by atoms with Crippen molar-refractivity contribution in [2.75, 3.05) is 6.54 Å². The maximum Gasteiger partial charge on any atom is 0.387 e. The first kappa shape index (κ1) is 11.9. The van der Waals surface area contributed by atoms with Crippen molar-refractivity contribution in [2.24, 2.45) is 5.11 Å². The number of hydrogen-bond acceptors (Lipinski definition) is 3. The van der Waals surface area contributed by atoms with Crippen LogP contribution in [-0.4, -0.2) is 18.9 Å². The third-order valence-corrected chi connectivity index (χ3v) is 1.68. The topological polar surface area (TPSA) is 75.1 Å². The molecular weight excluding hydrogens is 220 g/mol. The van der Waals surface area contributed by atoms with Crippen molar-refractivity contribution in [2.45, 2.75) is 6.61 Å². The van der Waals surface area contributed by atoms with Gasteiger partial charge in [0, 0.05) is 10.5 Å². The number of nitrogens with zero attached hydrogens (tertiary/aromatic N) is 3. The van der Waals surface area contributed by atoms with Crippen LogP contribution in [0.2, 0.25) is 0 Å². The van der Waals surface area contributed by atoms with Crippen LogP contribution in [0.3, 0.4) is 0 Å². The molecule has 84 valence electrons. The molecule has 7 heteroatoms. The third kappa shape index (κ3) is 3.55. The van der Waals surface area contributed by atoms with Gasteiger partial charge in [-0.25, -0.2) is 0 Å². The van der Waals surface area contributed by atoms with Crippen molar-refractivity contribution in [3.8, 4) is 5.75 Å². The fourth-order valence-corrected chi connectivity index (χ4v) is 1.01. The minimum absolute atomic E-state index is 0.0321. The van der Waals surface area contributed by atoms with Crippen LogP contribution in [0.5, 0.6) is 5.75 Å². The average Bonchev–Trinajstić information content (AvgIpc) is 2.26. The number of carbonyl (C=O) groups is 1. The number of benzene rings is 1. The van der Waals surface area contributed by atoms with Crippen molar-refractivity contribution in [3.63, 3.8) is 0 Å². The van der Waals surface area contributed by atoms with Gasteiger partial charge >= 0.3 is 6.61 Å². The molecule has 16 heavy (non-hydrogen) atoms. The second-order valence-electron chi connectivity index (χ2n) is 2.72. The maximum atomic E-state index is 11.8. The van der Waals surface area contributed by atoms with Gasteiger partial charge in [-0.05, 0) is 29.8 Å². The summed E-state index contributed by atoms with van der Waals surface area (Å²) in [5, 5.41) is 3.10. The summed E-state index contributed by atoms with van der Waals surface area (Å²) in [6.45, 7) is -3.20. The summed E-state index contributed by atoms with van der Waals surface area (Å²) in [6, 6.07) is 5.14. The summed E-state index contributed by atoms with van der Waals surface area (Å²) in [4.78, 5) is 13.7. The van der Waals surface area contributed by atoms with E-state index < -0.39 is 6.61 Å². The molecule has 0 spiro atoms. The van der Waals surface area contributed by atoms with Crippen LogP contribution in [0.15, 0.2) is 29.4 Å². The molecule has 1 aromatic rings. The molecule has 0 saturated carbocycles. The second kappa shape index (κ2) is 5.67. The Morgan fingerprint density at radius 3 is 2.56 bits per heavy atom. The Labute approximate surface area is 89.3 Å². The first-order valence-electron chi connectivity index (χ1n) is 4.22. The molecule has 0 radical (unpaired) electrons. The van der Waals surface area contributed by atoms with E-state index in [9.17, 15) is 13.6 Å². The average molecular weight is 227 g/mol. The quantitative estimate of drug-likeness (QED) is 0.335. The molecule has 5 nitrogen and oxygen atoms in total. The lowest BCUT2D eigenvalue weighted by Gasteiger charge is -2.04. The Hall–Kier alpha value is -2.14. The monoisotopic (exact) mass is 227 g/mol. The highest BCUT2D eigenvalue weighted by Gasteiger charge is 2.07. The number of rotatable bonds is 5. The lowest BCUT2D eigenvalue weighted by atomic mass is 10.1. The molecule has 0 bridgehead atoms. The van der Waals surface area contributed by atoms with Crippen molar-refractivity contribution < 1.29 is 18.3 Å². The Balaban J connectivity index is 2.70. The summed E-state index contributed by atoms with van der Waals surface area (Å²) >= 11 is 0. The lowest BCUT2D eigenvalue weighted by molar-refractivity contribution is -0.0498. The Morgan fingerprint density at radius 1 is 1.44 bits per heavy atom. The first-order chi connectivity index (χ1) is 7.63. The summed E-state index contributed by atoms with van der Waals surface area (Å²) < 4.78 is 27.7. The van der Waals surface area contributed by atoms with Crippen molar-refractivity contribution in [1.82, 2.24) is 0 Å². The molecule has 0 aliphatic heterocycles. The van der Waals surface area contributed by atoms with Gasteiger partial charge in [-0.2, -0.15) is 8.78 Å². The molecule has 0 fully saturated rings. The van der Waals surface area contributed by atoms with Crippen LogP contribution in [0, 0.1) is 0 Å². The van der Waals surface area contributed by atoms with Gasteiger partial charge in [0.15, 0.2) is 5.78 Å². The number of ketones is 1. The van der Waals surface area contributed by atoms with Crippen molar-refractivity contribution in [1.29, 1.82) is 0 Å². The summed E-state index contributed by atoms with van der Waals surface area (Å²) in [7, 11) is 0. The van der Waals surface area contributed by atoms with Gasteiger partial charge in [0.05, 0.1) is 6.54 Å². The van der Waals surface area contributed by atoms with Gasteiger partial charge in [0.2, 0.25) is 0 Å². The Morgan fingerprint density at radius 2 is 2.06 bits per heavy atom. The minimum atomic E-state index is -2.90. The third-order valence-electron chi connectivity index (χ3n) is 1.68. The predicted octanol–water partition coefficient (Wildman–Crippen LogP) is 2.78. The smallest absolute Gasteiger partial charge is 0.387 e. The van der Waals surface area contributed by atoms with Crippen LogP contribution < -0.4 is 4.74 Å². The van der Waals surface area contributed by atoms with Crippen LogP contribution in [0.1, 0.15) is 10.4 Å². The van der Waals surface area contributed by atoms with E-state index >= 15 is 0 Å². The van der Waals surface area contributed by atoms with Gasteiger partial charge in [0.1, 0.15) is 5.75 Å². The van der Waals surface area contributed by atoms with Crippen LogP contribution >= 0.6 is 0 Å². The number of ether oxygens (including phenoxy) is 1. The number of hydrogen-bond donors (Lipinski definition) is 0. The van der Waals surface area contributed by atoms with Gasteiger partial charge < -0.3 is 4.74 Å². The summed E-state index contributed by atoms with van der Waals surface area (Å²) in [5.41, 5.74) is 8.28. The summed E-state index contributed by atoms with van der Waals surface area (Å²) in [5.74, 6) is -0.420. The molecule has 0 unspecified atom stereocenters. The van der Waals surface area contributed by atoms with E-state index in [1.807, 2.05) is 0 Å². The molecule has 0 aliphatic rings. The van der Waals surface area contributed by atoms with E-state index in [0.717, 1.165) is 0 Å². The Kier molecular flexibility index (Phi) is 4.23. The zero-order valence-electron chi connectivity index (χ0n) is 8.01. The number of alkyl halides is 2. The fourth-order valence-electron chi connectivity index (χ4n) is 1.01. The SMILES string of the molecule is [N-]=[N+]=NCC(=O)c1ccc(OC(F)F)cc1. The number of halogens is 2. The number of azide groups is 1. The zero-order chi connectivity index (χ0) is 12.0. The minimum Gasteiger partial charge on any atom is -0.435 e.